The van der Waals surface area contributed by atoms with E-state index in [1.54, 1.807) is 32.2 Å². The second kappa shape index (κ2) is 10.4. The average molecular weight is 440 g/mol. The first-order valence-electron chi connectivity index (χ1n) is 10.3. The second-order valence-corrected chi connectivity index (χ2v) is 10.1. The lowest BCUT2D eigenvalue weighted by Gasteiger charge is -2.46. The third-order valence-corrected chi connectivity index (χ3v) is 7.11. The molecule has 0 aromatic heterocycles. The molecular formula is C21H33N3O5S. The van der Waals surface area contributed by atoms with E-state index < -0.39 is 21.5 Å². The van der Waals surface area contributed by atoms with Crippen molar-refractivity contribution in [2.24, 2.45) is 5.92 Å². The standard InChI is InChI=1S/C21H33N3O5S/c1-17(2)11-12-22-20(26)21(3)16-23(15-19(25)24(21)13-8-14-29-4)30(27,28)18-9-6-5-7-10-18/h5-7,9-10,17H,8,11-16H2,1-4H3,(H,22,26). The van der Waals surface area contributed by atoms with Crippen molar-refractivity contribution in [1.29, 1.82) is 0 Å². The minimum atomic E-state index is -3.90. The maximum Gasteiger partial charge on any atom is 0.247 e. The van der Waals surface area contributed by atoms with Crippen LogP contribution in [0.2, 0.25) is 0 Å². The largest absolute Gasteiger partial charge is 0.385 e. The van der Waals surface area contributed by atoms with Crippen LogP contribution in [-0.2, 0) is 24.3 Å². The van der Waals surface area contributed by atoms with E-state index in [0.717, 1.165) is 10.7 Å². The van der Waals surface area contributed by atoms with Gasteiger partial charge >= 0.3 is 0 Å². The van der Waals surface area contributed by atoms with Gasteiger partial charge in [0.25, 0.3) is 0 Å². The average Bonchev–Trinajstić information content (AvgIpc) is 2.70. The molecule has 0 aliphatic carbocycles. The minimum absolute atomic E-state index is 0.101. The van der Waals surface area contributed by atoms with E-state index in [0.29, 0.717) is 32.0 Å². The van der Waals surface area contributed by atoms with Crippen LogP contribution in [0, 0.1) is 5.92 Å². The maximum atomic E-state index is 13.1. The quantitative estimate of drug-likeness (QED) is 0.557. The van der Waals surface area contributed by atoms with Crippen LogP contribution in [0.3, 0.4) is 0 Å². The van der Waals surface area contributed by atoms with Crippen molar-refractivity contribution in [1.82, 2.24) is 14.5 Å². The molecule has 1 heterocycles. The summed E-state index contributed by atoms with van der Waals surface area (Å²) in [7, 11) is -2.33. The van der Waals surface area contributed by atoms with Crippen molar-refractivity contribution < 1.29 is 22.7 Å². The van der Waals surface area contributed by atoms with Crippen LogP contribution in [0.1, 0.15) is 33.6 Å². The summed E-state index contributed by atoms with van der Waals surface area (Å²) in [6, 6.07) is 7.97. The lowest BCUT2D eigenvalue weighted by Crippen LogP contribution is -2.69. The van der Waals surface area contributed by atoms with Crippen LogP contribution >= 0.6 is 0 Å². The number of piperazine rings is 1. The Labute approximate surface area is 179 Å². The topological polar surface area (TPSA) is 96.0 Å². The molecule has 1 fully saturated rings. The predicted molar refractivity (Wildman–Crippen MR) is 114 cm³/mol. The molecule has 2 amide bonds. The zero-order chi connectivity index (χ0) is 22.4. The molecule has 9 heteroatoms. The fraction of sp³-hybridized carbons (Fsp3) is 0.619. The summed E-state index contributed by atoms with van der Waals surface area (Å²) in [6.07, 6.45) is 1.36. The molecule has 1 aliphatic heterocycles. The Kier molecular flexibility index (Phi) is 8.40. The molecule has 1 unspecified atom stereocenters. The van der Waals surface area contributed by atoms with E-state index in [1.807, 2.05) is 0 Å². The molecule has 0 radical (unpaired) electrons. The lowest BCUT2D eigenvalue weighted by atomic mass is 9.95. The molecule has 0 saturated carbocycles. The third kappa shape index (κ3) is 5.59. The molecule has 1 aromatic carbocycles. The monoisotopic (exact) mass is 439 g/mol. The number of carbonyl (C=O) groups excluding carboxylic acids is 2. The Bertz CT molecular complexity index is 828. The van der Waals surface area contributed by atoms with E-state index in [-0.39, 0.29) is 23.9 Å². The van der Waals surface area contributed by atoms with Gasteiger partial charge in [0.2, 0.25) is 21.8 Å². The number of carbonyl (C=O) groups is 2. The number of ether oxygens (including phenoxy) is 1. The molecule has 1 atom stereocenters. The van der Waals surface area contributed by atoms with Crippen molar-refractivity contribution in [2.75, 3.05) is 39.9 Å². The van der Waals surface area contributed by atoms with Crippen LogP contribution in [0.5, 0.6) is 0 Å². The molecule has 1 N–H and O–H groups in total. The Hall–Kier alpha value is -1.97. The van der Waals surface area contributed by atoms with E-state index >= 15 is 0 Å². The Morgan fingerprint density at radius 1 is 1.27 bits per heavy atom. The molecule has 1 aliphatic rings. The van der Waals surface area contributed by atoms with Crippen molar-refractivity contribution >= 4 is 21.8 Å². The molecule has 0 spiro atoms. The molecular weight excluding hydrogens is 406 g/mol. The number of hydrogen-bond acceptors (Lipinski definition) is 5. The summed E-state index contributed by atoms with van der Waals surface area (Å²) < 4.78 is 32.4. The first-order chi connectivity index (χ1) is 14.1. The van der Waals surface area contributed by atoms with Gasteiger partial charge in [0.15, 0.2) is 0 Å². The van der Waals surface area contributed by atoms with Crippen LogP contribution in [-0.4, -0.2) is 74.9 Å². The molecule has 30 heavy (non-hydrogen) atoms. The second-order valence-electron chi connectivity index (χ2n) is 8.19. The molecule has 8 nitrogen and oxygen atoms in total. The zero-order valence-electron chi connectivity index (χ0n) is 18.3. The van der Waals surface area contributed by atoms with Gasteiger partial charge in [0.1, 0.15) is 5.54 Å². The SMILES string of the molecule is COCCCN1C(=O)CN(S(=O)(=O)c2ccccc2)CC1(C)C(=O)NCCC(C)C. The summed E-state index contributed by atoms with van der Waals surface area (Å²) in [4.78, 5) is 27.7. The molecule has 0 bridgehead atoms. The van der Waals surface area contributed by atoms with Gasteiger partial charge < -0.3 is 15.0 Å². The van der Waals surface area contributed by atoms with E-state index in [2.05, 4.69) is 19.2 Å². The van der Waals surface area contributed by atoms with Gasteiger partial charge in [-0.05, 0) is 37.8 Å². The third-order valence-electron chi connectivity index (χ3n) is 5.30. The zero-order valence-corrected chi connectivity index (χ0v) is 19.1. The number of methoxy groups -OCH3 is 1. The van der Waals surface area contributed by atoms with Gasteiger partial charge in [0.05, 0.1) is 11.4 Å². The highest BCUT2D eigenvalue weighted by atomic mass is 32.2. The van der Waals surface area contributed by atoms with E-state index in [1.165, 1.54) is 17.0 Å². The summed E-state index contributed by atoms with van der Waals surface area (Å²) in [5, 5.41) is 2.89. The smallest absolute Gasteiger partial charge is 0.247 e. The highest BCUT2D eigenvalue weighted by molar-refractivity contribution is 7.89. The molecule has 168 valence electrons. The van der Waals surface area contributed by atoms with Crippen molar-refractivity contribution in [3.8, 4) is 0 Å². The number of rotatable bonds is 10. The molecule has 2 rings (SSSR count). The Morgan fingerprint density at radius 2 is 1.93 bits per heavy atom. The van der Waals surface area contributed by atoms with Gasteiger partial charge in [-0.2, -0.15) is 4.31 Å². The number of sulfonamides is 1. The van der Waals surface area contributed by atoms with Crippen LogP contribution in [0.25, 0.3) is 0 Å². The van der Waals surface area contributed by atoms with Crippen LogP contribution in [0.15, 0.2) is 35.2 Å². The number of nitrogens with one attached hydrogen (secondary N) is 1. The van der Waals surface area contributed by atoms with Gasteiger partial charge in [0, 0.05) is 33.4 Å². The number of amides is 2. The van der Waals surface area contributed by atoms with Gasteiger partial charge in [-0.1, -0.05) is 32.0 Å². The Balaban J connectivity index is 2.31. The van der Waals surface area contributed by atoms with Crippen molar-refractivity contribution in [3.63, 3.8) is 0 Å². The van der Waals surface area contributed by atoms with Crippen molar-refractivity contribution in [3.05, 3.63) is 30.3 Å². The number of benzene rings is 1. The fourth-order valence-electron chi connectivity index (χ4n) is 3.51. The minimum Gasteiger partial charge on any atom is -0.385 e. The highest BCUT2D eigenvalue weighted by Gasteiger charge is 2.50. The summed E-state index contributed by atoms with van der Waals surface area (Å²) in [6.45, 7) is 6.59. The lowest BCUT2D eigenvalue weighted by molar-refractivity contribution is -0.152. The van der Waals surface area contributed by atoms with Gasteiger partial charge in [-0.15, -0.1) is 0 Å². The fourth-order valence-corrected chi connectivity index (χ4v) is 5.01. The number of nitrogens with zero attached hydrogens (tertiary/aromatic N) is 2. The normalized spacial score (nSPS) is 20.6. The van der Waals surface area contributed by atoms with Crippen LogP contribution < -0.4 is 5.32 Å². The highest BCUT2D eigenvalue weighted by Crippen LogP contribution is 2.28. The van der Waals surface area contributed by atoms with E-state index in [4.69, 9.17) is 4.74 Å². The summed E-state index contributed by atoms with van der Waals surface area (Å²) >= 11 is 0. The summed E-state index contributed by atoms with van der Waals surface area (Å²) in [5.41, 5.74) is -1.30. The first kappa shape index (κ1) is 24.3. The predicted octanol–water partition coefficient (Wildman–Crippen LogP) is 1.48. The number of hydrogen-bond donors (Lipinski definition) is 1. The van der Waals surface area contributed by atoms with Gasteiger partial charge in [-0.3, -0.25) is 9.59 Å². The maximum absolute atomic E-state index is 13.1. The molecule has 1 saturated heterocycles. The van der Waals surface area contributed by atoms with Crippen LogP contribution in [0.4, 0.5) is 0 Å². The van der Waals surface area contributed by atoms with Gasteiger partial charge in [-0.25, -0.2) is 8.42 Å². The Morgan fingerprint density at radius 3 is 2.53 bits per heavy atom. The summed E-state index contributed by atoms with van der Waals surface area (Å²) in [5.74, 6) is -0.320. The van der Waals surface area contributed by atoms with Crippen molar-refractivity contribution in [2.45, 2.75) is 44.0 Å². The van der Waals surface area contributed by atoms with E-state index in [9.17, 15) is 18.0 Å². The first-order valence-corrected chi connectivity index (χ1v) is 11.7. The molecule has 1 aromatic rings.